The predicted octanol–water partition coefficient (Wildman–Crippen LogP) is 1.92. The largest absolute Gasteiger partial charge is 0.478 e. The van der Waals surface area contributed by atoms with Gasteiger partial charge in [0.15, 0.2) is 0 Å². The second-order valence-corrected chi connectivity index (χ2v) is 4.60. The minimum atomic E-state index is -0.973. The second kappa shape index (κ2) is 3.07. The minimum absolute atomic E-state index is 0.0931. The van der Waals surface area contributed by atoms with Gasteiger partial charge in [-0.25, -0.2) is 4.79 Å². The fourth-order valence-corrected chi connectivity index (χ4v) is 1.96. The van der Waals surface area contributed by atoms with Crippen LogP contribution in [0, 0.1) is 6.92 Å². The SMILES string of the molecule is Cc1cc2c(cc1C(=O)O)NC(=O)C2(C)C. The molecule has 1 aliphatic rings. The van der Waals surface area contributed by atoms with Crippen molar-refractivity contribution in [3.05, 3.63) is 28.8 Å². The Bertz CT molecular complexity index is 503. The molecule has 1 heterocycles. The second-order valence-electron chi connectivity index (χ2n) is 4.60. The maximum atomic E-state index is 11.7. The molecule has 0 fully saturated rings. The van der Waals surface area contributed by atoms with E-state index < -0.39 is 11.4 Å². The molecule has 2 rings (SSSR count). The fourth-order valence-electron chi connectivity index (χ4n) is 1.96. The Hall–Kier alpha value is -1.84. The lowest BCUT2D eigenvalue weighted by Crippen LogP contribution is -2.26. The van der Waals surface area contributed by atoms with Crippen molar-refractivity contribution in [3.8, 4) is 0 Å². The Morgan fingerprint density at radius 1 is 1.38 bits per heavy atom. The number of carboxylic acid groups (broad SMARTS) is 1. The van der Waals surface area contributed by atoms with Crippen LogP contribution in [0.15, 0.2) is 12.1 Å². The maximum Gasteiger partial charge on any atom is 0.336 e. The third-order valence-electron chi connectivity index (χ3n) is 3.08. The number of nitrogens with one attached hydrogen (secondary N) is 1. The van der Waals surface area contributed by atoms with Gasteiger partial charge in [-0.2, -0.15) is 0 Å². The molecule has 0 aliphatic carbocycles. The number of aryl methyl sites for hydroxylation is 1. The van der Waals surface area contributed by atoms with Crippen molar-refractivity contribution in [2.45, 2.75) is 26.2 Å². The average molecular weight is 219 g/mol. The van der Waals surface area contributed by atoms with Crippen LogP contribution in [0.4, 0.5) is 5.69 Å². The highest BCUT2D eigenvalue weighted by atomic mass is 16.4. The van der Waals surface area contributed by atoms with Crippen LogP contribution in [-0.4, -0.2) is 17.0 Å². The Balaban J connectivity index is 2.65. The zero-order valence-electron chi connectivity index (χ0n) is 9.42. The predicted molar refractivity (Wildman–Crippen MR) is 59.8 cm³/mol. The first-order valence-corrected chi connectivity index (χ1v) is 5.04. The number of anilines is 1. The lowest BCUT2D eigenvalue weighted by Gasteiger charge is -2.15. The topological polar surface area (TPSA) is 66.4 Å². The van der Waals surface area contributed by atoms with E-state index >= 15 is 0 Å². The van der Waals surface area contributed by atoms with Crippen molar-refractivity contribution < 1.29 is 14.7 Å². The molecular weight excluding hydrogens is 206 g/mol. The zero-order chi connectivity index (χ0) is 12.1. The molecule has 2 N–H and O–H groups in total. The van der Waals surface area contributed by atoms with E-state index in [9.17, 15) is 9.59 Å². The van der Waals surface area contributed by atoms with Gasteiger partial charge in [0.05, 0.1) is 11.0 Å². The summed E-state index contributed by atoms with van der Waals surface area (Å²) in [5.41, 5.74) is 1.79. The Kier molecular flexibility index (Phi) is 2.05. The summed E-state index contributed by atoms with van der Waals surface area (Å²) in [5, 5.41) is 11.7. The standard InChI is InChI=1S/C12H13NO3/c1-6-4-8-9(5-7(6)10(14)15)13-11(16)12(8,2)3/h4-5H,1-3H3,(H,13,16)(H,14,15). The highest BCUT2D eigenvalue weighted by Crippen LogP contribution is 2.38. The first kappa shape index (κ1) is 10.7. The van der Waals surface area contributed by atoms with E-state index in [2.05, 4.69) is 5.32 Å². The molecular formula is C12H13NO3. The van der Waals surface area contributed by atoms with Gasteiger partial charge in [-0.1, -0.05) is 6.07 Å². The van der Waals surface area contributed by atoms with E-state index in [-0.39, 0.29) is 11.5 Å². The molecule has 1 aromatic rings. The lowest BCUT2D eigenvalue weighted by atomic mass is 9.84. The Morgan fingerprint density at radius 2 is 2.00 bits per heavy atom. The number of aromatic carboxylic acids is 1. The van der Waals surface area contributed by atoms with E-state index in [1.54, 1.807) is 13.0 Å². The van der Waals surface area contributed by atoms with E-state index in [4.69, 9.17) is 5.11 Å². The summed E-state index contributed by atoms with van der Waals surface area (Å²) >= 11 is 0. The van der Waals surface area contributed by atoms with Gasteiger partial charge in [-0.3, -0.25) is 4.79 Å². The molecule has 0 unspecified atom stereocenters. The van der Waals surface area contributed by atoms with Crippen LogP contribution < -0.4 is 5.32 Å². The molecule has 0 spiro atoms. The first-order chi connectivity index (χ1) is 7.34. The molecule has 1 amide bonds. The summed E-state index contributed by atoms with van der Waals surface area (Å²) in [6, 6.07) is 3.30. The molecule has 84 valence electrons. The molecule has 1 aromatic carbocycles. The maximum absolute atomic E-state index is 11.7. The third kappa shape index (κ3) is 1.30. The normalized spacial score (nSPS) is 16.8. The molecule has 1 aliphatic heterocycles. The number of amides is 1. The number of rotatable bonds is 1. The number of hydrogen-bond acceptors (Lipinski definition) is 2. The first-order valence-electron chi connectivity index (χ1n) is 5.04. The molecule has 0 atom stereocenters. The van der Waals surface area contributed by atoms with Crippen LogP contribution in [0.3, 0.4) is 0 Å². The van der Waals surface area contributed by atoms with Crippen LogP contribution in [-0.2, 0) is 10.2 Å². The van der Waals surface area contributed by atoms with E-state index in [0.717, 1.165) is 5.56 Å². The van der Waals surface area contributed by atoms with Crippen molar-refractivity contribution in [3.63, 3.8) is 0 Å². The van der Waals surface area contributed by atoms with Crippen molar-refractivity contribution in [1.29, 1.82) is 0 Å². The van der Waals surface area contributed by atoms with Crippen molar-refractivity contribution in [2.24, 2.45) is 0 Å². The number of fused-ring (bicyclic) bond motifs is 1. The number of carboxylic acids is 1. The zero-order valence-corrected chi connectivity index (χ0v) is 9.42. The van der Waals surface area contributed by atoms with Gasteiger partial charge >= 0.3 is 5.97 Å². The Labute approximate surface area is 93.3 Å². The van der Waals surface area contributed by atoms with Gasteiger partial charge in [0.25, 0.3) is 0 Å². The van der Waals surface area contributed by atoms with Crippen LogP contribution >= 0.6 is 0 Å². The molecule has 0 radical (unpaired) electrons. The lowest BCUT2D eigenvalue weighted by molar-refractivity contribution is -0.119. The average Bonchev–Trinajstić information content (AvgIpc) is 2.38. The van der Waals surface area contributed by atoms with Crippen LogP contribution in [0.2, 0.25) is 0 Å². The molecule has 0 saturated carbocycles. The van der Waals surface area contributed by atoms with Crippen LogP contribution in [0.5, 0.6) is 0 Å². The van der Waals surface area contributed by atoms with Gasteiger partial charge in [0.1, 0.15) is 0 Å². The number of carbonyl (C=O) groups is 2. The Morgan fingerprint density at radius 3 is 2.56 bits per heavy atom. The summed E-state index contributed by atoms with van der Waals surface area (Å²) in [4.78, 5) is 22.6. The molecule has 0 saturated heterocycles. The van der Waals surface area contributed by atoms with Crippen LogP contribution in [0.25, 0.3) is 0 Å². The van der Waals surface area contributed by atoms with Gasteiger partial charge < -0.3 is 10.4 Å². The minimum Gasteiger partial charge on any atom is -0.478 e. The highest BCUT2D eigenvalue weighted by molar-refractivity contribution is 6.07. The summed E-state index contributed by atoms with van der Waals surface area (Å²) < 4.78 is 0. The van der Waals surface area contributed by atoms with Gasteiger partial charge in [-0.15, -0.1) is 0 Å². The third-order valence-corrected chi connectivity index (χ3v) is 3.08. The quantitative estimate of drug-likeness (QED) is 0.758. The van der Waals surface area contributed by atoms with Gasteiger partial charge in [-0.05, 0) is 38.0 Å². The number of benzene rings is 1. The van der Waals surface area contributed by atoms with Crippen LogP contribution in [0.1, 0.15) is 35.3 Å². The van der Waals surface area contributed by atoms with Gasteiger partial charge in [0, 0.05) is 5.69 Å². The van der Waals surface area contributed by atoms with E-state index in [1.165, 1.54) is 6.07 Å². The van der Waals surface area contributed by atoms with Crippen molar-refractivity contribution in [2.75, 3.05) is 5.32 Å². The molecule has 4 heteroatoms. The fraction of sp³-hybridized carbons (Fsp3) is 0.333. The number of hydrogen-bond donors (Lipinski definition) is 2. The van der Waals surface area contributed by atoms with E-state index in [0.29, 0.717) is 11.3 Å². The summed E-state index contributed by atoms with van der Waals surface area (Å²) in [7, 11) is 0. The highest BCUT2D eigenvalue weighted by Gasteiger charge is 2.38. The number of carbonyl (C=O) groups excluding carboxylic acids is 1. The summed E-state index contributed by atoms with van der Waals surface area (Å²) in [6.45, 7) is 5.39. The monoisotopic (exact) mass is 219 g/mol. The summed E-state index contributed by atoms with van der Waals surface area (Å²) in [6.07, 6.45) is 0. The molecule has 4 nitrogen and oxygen atoms in total. The van der Waals surface area contributed by atoms with E-state index in [1.807, 2.05) is 13.8 Å². The molecule has 0 bridgehead atoms. The molecule has 16 heavy (non-hydrogen) atoms. The summed E-state index contributed by atoms with van der Waals surface area (Å²) in [5.74, 6) is -1.07. The van der Waals surface area contributed by atoms with Crippen molar-refractivity contribution in [1.82, 2.24) is 0 Å². The van der Waals surface area contributed by atoms with Crippen molar-refractivity contribution >= 4 is 17.6 Å². The molecule has 0 aromatic heterocycles. The van der Waals surface area contributed by atoms with Gasteiger partial charge in [0.2, 0.25) is 5.91 Å². The smallest absolute Gasteiger partial charge is 0.336 e.